The van der Waals surface area contributed by atoms with Crippen LogP contribution in [0.5, 0.6) is 0 Å². The zero-order valence-corrected chi connectivity index (χ0v) is 13.5. The van der Waals surface area contributed by atoms with E-state index in [1.807, 2.05) is 0 Å². The van der Waals surface area contributed by atoms with Crippen LogP contribution in [0.2, 0.25) is 5.02 Å². The van der Waals surface area contributed by atoms with Gasteiger partial charge in [-0.3, -0.25) is 9.48 Å². The number of thiol groups is 1. The van der Waals surface area contributed by atoms with Gasteiger partial charge in [-0.05, 0) is 38.5 Å². The Labute approximate surface area is 132 Å². The van der Waals surface area contributed by atoms with Gasteiger partial charge in [-0.1, -0.05) is 11.6 Å². The summed E-state index contributed by atoms with van der Waals surface area (Å²) < 4.78 is 15.3. The third kappa shape index (κ3) is 3.39. The summed E-state index contributed by atoms with van der Waals surface area (Å²) in [5.41, 5.74) is 2.16. The SMILES string of the molecule is Cc1cc(F)c(NC(=O)Cn2nc(C)c(Cl)c2C)cc1S. The van der Waals surface area contributed by atoms with Crippen molar-refractivity contribution in [3.63, 3.8) is 0 Å². The van der Waals surface area contributed by atoms with Gasteiger partial charge in [-0.25, -0.2) is 4.39 Å². The lowest BCUT2D eigenvalue weighted by molar-refractivity contribution is -0.117. The summed E-state index contributed by atoms with van der Waals surface area (Å²) in [5.74, 6) is -0.877. The molecule has 2 aromatic rings. The van der Waals surface area contributed by atoms with Crippen LogP contribution in [0.25, 0.3) is 0 Å². The molecule has 0 aliphatic heterocycles. The second-order valence-corrected chi connectivity index (χ2v) is 5.67. The lowest BCUT2D eigenvalue weighted by atomic mass is 10.2. The molecule has 1 aromatic heterocycles. The third-order valence-corrected chi connectivity index (χ3v) is 4.18. The Morgan fingerprint density at radius 3 is 2.67 bits per heavy atom. The fourth-order valence-electron chi connectivity index (χ4n) is 1.91. The number of nitrogens with zero attached hydrogens (tertiary/aromatic N) is 2. The number of nitrogens with one attached hydrogen (secondary N) is 1. The predicted molar refractivity (Wildman–Crippen MR) is 83.7 cm³/mol. The van der Waals surface area contributed by atoms with Gasteiger partial charge in [0.2, 0.25) is 5.91 Å². The fraction of sp³-hybridized carbons (Fsp3) is 0.286. The van der Waals surface area contributed by atoms with Gasteiger partial charge < -0.3 is 5.32 Å². The number of aromatic nitrogens is 2. The van der Waals surface area contributed by atoms with Crippen LogP contribution in [-0.4, -0.2) is 15.7 Å². The maximum atomic E-state index is 13.8. The second-order valence-electron chi connectivity index (χ2n) is 4.81. The van der Waals surface area contributed by atoms with Crippen LogP contribution in [0.4, 0.5) is 10.1 Å². The molecule has 0 aliphatic rings. The maximum absolute atomic E-state index is 13.8. The summed E-state index contributed by atoms with van der Waals surface area (Å²) in [6.45, 7) is 5.24. The monoisotopic (exact) mass is 327 g/mol. The van der Waals surface area contributed by atoms with Crippen molar-refractivity contribution in [1.82, 2.24) is 9.78 Å². The van der Waals surface area contributed by atoms with Crippen LogP contribution >= 0.6 is 24.2 Å². The fourth-order valence-corrected chi connectivity index (χ4v) is 2.24. The van der Waals surface area contributed by atoms with E-state index in [1.165, 1.54) is 16.8 Å². The highest BCUT2D eigenvalue weighted by Gasteiger charge is 2.14. The van der Waals surface area contributed by atoms with E-state index in [4.69, 9.17) is 11.6 Å². The summed E-state index contributed by atoms with van der Waals surface area (Å²) in [5, 5.41) is 7.21. The summed E-state index contributed by atoms with van der Waals surface area (Å²) in [6.07, 6.45) is 0. The topological polar surface area (TPSA) is 46.9 Å². The van der Waals surface area contributed by atoms with E-state index in [0.717, 1.165) is 0 Å². The van der Waals surface area contributed by atoms with E-state index in [-0.39, 0.29) is 18.1 Å². The van der Waals surface area contributed by atoms with Gasteiger partial charge in [-0.15, -0.1) is 12.6 Å². The van der Waals surface area contributed by atoms with Crippen molar-refractivity contribution < 1.29 is 9.18 Å². The first-order chi connectivity index (χ1) is 9.79. The number of hydrogen-bond donors (Lipinski definition) is 2. The predicted octanol–water partition coefficient (Wildman–Crippen LogP) is 3.53. The van der Waals surface area contributed by atoms with Gasteiger partial charge in [0.1, 0.15) is 12.4 Å². The summed E-state index contributed by atoms with van der Waals surface area (Å²) in [4.78, 5) is 12.6. The number of carbonyl (C=O) groups excluding carboxylic acids is 1. The minimum absolute atomic E-state index is 0.0331. The molecule has 1 heterocycles. The average Bonchev–Trinajstić information content (AvgIpc) is 2.63. The lowest BCUT2D eigenvalue weighted by Crippen LogP contribution is -2.21. The smallest absolute Gasteiger partial charge is 0.246 e. The molecule has 0 atom stereocenters. The van der Waals surface area contributed by atoms with Gasteiger partial charge in [-0.2, -0.15) is 5.10 Å². The zero-order chi connectivity index (χ0) is 15.7. The van der Waals surface area contributed by atoms with Crippen molar-refractivity contribution in [1.29, 1.82) is 0 Å². The van der Waals surface area contributed by atoms with Crippen LogP contribution in [-0.2, 0) is 11.3 Å². The van der Waals surface area contributed by atoms with Crippen LogP contribution in [0.3, 0.4) is 0 Å². The van der Waals surface area contributed by atoms with E-state index < -0.39 is 5.82 Å². The number of halogens is 2. The molecule has 0 unspecified atom stereocenters. The molecule has 0 saturated carbocycles. The molecular weight excluding hydrogens is 313 g/mol. The van der Waals surface area contributed by atoms with Crippen LogP contribution in [0, 0.1) is 26.6 Å². The molecule has 4 nitrogen and oxygen atoms in total. The Balaban J connectivity index is 2.15. The summed E-state index contributed by atoms with van der Waals surface area (Å²) >= 11 is 10.2. The van der Waals surface area contributed by atoms with Crippen molar-refractivity contribution >= 4 is 35.8 Å². The van der Waals surface area contributed by atoms with Crippen molar-refractivity contribution in [2.24, 2.45) is 0 Å². The molecule has 21 heavy (non-hydrogen) atoms. The average molecular weight is 328 g/mol. The van der Waals surface area contributed by atoms with Gasteiger partial charge in [0.25, 0.3) is 0 Å². The molecule has 0 spiro atoms. The Morgan fingerprint density at radius 2 is 2.10 bits per heavy atom. The second kappa shape index (κ2) is 6.07. The van der Waals surface area contributed by atoms with Crippen molar-refractivity contribution in [3.8, 4) is 0 Å². The molecule has 1 aromatic carbocycles. The highest BCUT2D eigenvalue weighted by atomic mass is 35.5. The Morgan fingerprint density at radius 1 is 1.43 bits per heavy atom. The van der Waals surface area contributed by atoms with Crippen LogP contribution < -0.4 is 5.32 Å². The lowest BCUT2D eigenvalue weighted by Gasteiger charge is -2.09. The number of carbonyl (C=O) groups is 1. The van der Waals surface area contributed by atoms with E-state index in [1.54, 1.807) is 20.8 Å². The molecule has 112 valence electrons. The standard InChI is InChI=1S/C14H15ClFN3OS/c1-7-4-10(16)11(5-12(7)21)17-13(20)6-19-9(3)14(15)8(2)18-19/h4-5,21H,6H2,1-3H3,(H,17,20). The first kappa shape index (κ1) is 15.9. The summed E-state index contributed by atoms with van der Waals surface area (Å²) in [6, 6.07) is 2.82. The normalized spacial score (nSPS) is 10.8. The Bertz CT molecular complexity index is 715. The summed E-state index contributed by atoms with van der Waals surface area (Å²) in [7, 11) is 0. The van der Waals surface area contributed by atoms with Gasteiger partial charge in [0.05, 0.1) is 22.1 Å². The molecule has 0 radical (unpaired) electrons. The van der Waals surface area contributed by atoms with Crippen molar-refractivity contribution in [2.45, 2.75) is 32.2 Å². The molecular formula is C14H15ClFN3OS. The largest absolute Gasteiger partial charge is 0.322 e. The van der Waals surface area contributed by atoms with Crippen LogP contribution in [0.1, 0.15) is 17.0 Å². The van der Waals surface area contributed by atoms with E-state index >= 15 is 0 Å². The quantitative estimate of drug-likeness (QED) is 0.847. The molecule has 7 heteroatoms. The van der Waals surface area contributed by atoms with Crippen molar-refractivity contribution in [3.05, 3.63) is 39.9 Å². The Hall–Kier alpha value is -1.53. The first-order valence-corrected chi connectivity index (χ1v) is 7.10. The minimum atomic E-state index is -0.495. The molecule has 0 aliphatic carbocycles. The van der Waals surface area contributed by atoms with Gasteiger partial charge in [0, 0.05) is 4.90 Å². The van der Waals surface area contributed by atoms with Crippen molar-refractivity contribution in [2.75, 3.05) is 5.32 Å². The van der Waals surface area contributed by atoms with E-state index in [0.29, 0.717) is 26.9 Å². The molecule has 0 saturated heterocycles. The van der Waals surface area contributed by atoms with Crippen LogP contribution in [0.15, 0.2) is 17.0 Å². The molecule has 0 bridgehead atoms. The third-order valence-electron chi connectivity index (χ3n) is 3.15. The number of anilines is 1. The highest BCUT2D eigenvalue weighted by Crippen LogP contribution is 2.23. The number of rotatable bonds is 3. The molecule has 2 rings (SSSR count). The number of hydrogen-bond acceptors (Lipinski definition) is 3. The Kier molecular flexibility index (Phi) is 4.58. The minimum Gasteiger partial charge on any atom is -0.322 e. The molecule has 1 amide bonds. The number of amides is 1. The van der Waals surface area contributed by atoms with Gasteiger partial charge in [0.15, 0.2) is 0 Å². The number of benzene rings is 1. The maximum Gasteiger partial charge on any atom is 0.246 e. The number of aryl methyl sites for hydroxylation is 2. The van der Waals surface area contributed by atoms with E-state index in [2.05, 4.69) is 23.0 Å². The van der Waals surface area contributed by atoms with E-state index in [9.17, 15) is 9.18 Å². The molecule has 1 N–H and O–H groups in total. The molecule has 0 fully saturated rings. The zero-order valence-electron chi connectivity index (χ0n) is 11.9. The first-order valence-electron chi connectivity index (χ1n) is 6.28. The highest BCUT2D eigenvalue weighted by molar-refractivity contribution is 7.80. The van der Waals surface area contributed by atoms with Gasteiger partial charge >= 0.3 is 0 Å².